The fourth-order valence-electron chi connectivity index (χ4n) is 3.67. The van der Waals surface area contributed by atoms with Gasteiger partial charge in [-0.25, -0.2) is 12.8 Å². The Bertz CT molecular complexity index is 1030. The van der Waals surface area contributed by atoms with Gasteiger partial charge in [0, 0.05) is 23.0 Å². The van der Waals surface area contributed by atoms with Gasteiger partial charge in [-0.2, -0.15) is 0 Å². The van der Waals surface area contributed by atoms with Crippen molar-refractivity contribution in [2.75, 3.05) is 18.1 Å². The minimum atomic E-state index is -3.05. The molecule has 2 aromatic rings. The van der Waals surface area contributed by atoms with Gasteiger partial charge in [0.2, 0.25) is 5.78 Å². The zero-order valence-electron chi connectivity index (χ0n) is 15.8. The van der Waals surface area contributed by atoms with Crippen molar-refractivity contribution in [2.45, 2.75) is 32.7 Å². The van der Waals surface area contributed by atoms with Gasteiger partial charge < -0.3 is 9.30 Å². The van der Waals surface area contributed by atoms with Crippen LogP contribution in [0, 0.1) is 19.7 Å². The molecule has 28 heavy (non-hydrogen) atoms. The van der Waals surface area contributed by atoms with E-state index in [0.717, 1.165) is 5.69 Å². The predicted molar refractivity (Wildman–Crippen MR) is 102 cm³/mol. The van der Waals surface area contributed by atoms with Crippen molar-refractivity contribution in [3.8, 4) is 0 Å². The molecule has 1 aliphatic heterocycles. The molecule has 0 bridgehead atoms. The fourth-order valence-corrected chi connectivity index (χ4v) is 5.37. The van der Waals surface area contributed by atoms with E-state index in [4.69, 9.17) is 4.74 Å². The van der Waals surface area contributed by atoms with Gasteiger partial charge >= 0.3 is 5.97 Å². The molecule has 0 aliphatic carbocycles. The first kappa shape index (κ1) is 20.3. The van der Waals surface area contributed by atoms with E-state index in [0.29, 0.717) is 17.7 Å². The summed E-state index contributed by atoms with van der Waals surface area (Å²) >= 11 is 0. The van der Waals surface area contributed by atoms with Gasteiger partial charge in [0.1, 0.15) is 5.82 Å². The molecular formula is C20H22FNO5S. The van der Waals surface area contributed by atoms with Gasteiger partial charge in [0.15, 0.2) is 16.4 Å². The molecule has 1 unspecified atom stereocenters. The lowest BCUT2D eigenvalue weighted by Crippen LogP contribution is -2.18. The van der Waals surface area contributed by atoms with Gasteiger partial charge in [-0.3, -0.25) is 9.59 Å². The topological polar surface area (TPSA) is 82.4 Å². The molecule has 0 N–H and O–H groups in total. The molecule has 0 radical (unpaired) electrons. The molecule has 3 rings (SSSR count). The van der Waals surface area contributed by atoms with Crippen LogP contribution in [0.4, 0.5) is 4.39 Å². The molecule has 8 heteroatoms. The van der Waals surface area contributed by atoms with Gasteiger partial charge in [-0.15, -0.1) is 0 Å². The highest BCUT2D eigenvalue weighted by atomic mass is 32.2. The Balaban J connectivity index is 1.66. The average Bonchev–Trinajstić information content (AvgIpc) is 3.13. The summed E-state index contributed by atoms with van der Waals surface area (Å²) in [7, 11) is -3.05. The van der Waals surface area contributed by atoms with E-state index in [9.17, 15) is 22.4 Å². The van der Waals surface area contributed by atoms with Crippen LogP contribution in [0.5, 0.6) is 0 Å². The summed E-state index contributed by atoms with van der Waals surface area (Å²) in [6.45, 7) is 3.13. The van der Waals surface area contributed by atoms with Crippen LogP contribution in [0.2, 0.25) is 0 Å². The number of ether oxygens (including phenoxy) is 1. The van der Waals surface area contributed by atoms with E-state index < -0.39 is 28.2 Å². The van der Waals surface area contributed by atoms with E-state index in [2.05, 4.69) is 0 Å². The second-order valence-corrected chi connectivity index (χ2v) is 9.29. The number of benzene rings is 1. The first-order chi connectivity index (χ1) is 13.2. The van der Waals surface area contributed by atoms with E-state index in [1.54, 1.807) is 19.1 Å². The third-order valence-corrected chi connectivity index (χ3v) is 6.77. The second-order valence-electron chi connectivity index (χ2n) is 7.06. The monoisotopic (exact) mass is 407 g/mol. The van der Waals surface area contributed by atoms with Crippen molar-refractivity contribution < 1.29 is 27.1 Å². The number of ketones is 1. The van der Waals surface area contributed by atoms with Gasteiger partial charge in [0.05, 0.1) is 17.9 Å². The number of aryl methyl sites for hydroxylation is 1. The molecule has 1 fully saturated rings. The van der Waals surface area contributed by atoms with Crippen molar-refractivity contribution in [1.29, 1.82) is 0 Å². The zero-order chi connectivity index (χ0) is 20.5. The number of carbonyl (C=O) groups is 2. The van der Waals surface area contributed by atoms with E-state index >= 15 is 0 Å². The first-order valence-electron chi connectivity index (χ1n) is 8.99. The van der Waals surface area contributed by atoms with Crippen LogP contribution in [-0.2, 0) is 25.8 Å². The molecule has 1 aliphatic rings. The molecule has 1 aromatic heterocycles. The summed E-state index contributed by atoms with van der Waals surface area (Å²) in [6, 6.07) is 7.39. The SMILES string of the molecule is Cc1cc(C(=O)COC(=O)Cc2ccccc2F)c(C)n1C1CCS(=O)(=O)C1. The van der Waals surface area contributed by atoms with Crippen molar-refractivity contribution in [1.82, 2.24) is 4.57 Å². The molecule has 6 nitrogen and oxygen atoms in total. The van der Waals surface area contributed by atoms with Crippen LogP contribution in [0.1, 0.15) is 39.8 Å². The van der Waals surface area contributed by atoms with Crippen molar-refractivity contribution in [3.63, 3.8) is 0 Å². The van der Waals surface area contributed by atoms with Crippen molar-refractivity contribution in [3.05, 3.63) is 58.7 Å². The van der Waals surface area contributed by atoms with E-state index in [1.807, 2.05) is 11.5 Å². The number of Topliss-reactive ketones (excluding diaryl/α,β-unsaturated/α-hetero) is 1. The van der Waals surface area contributed by atoms with Crippen LogP contribution in [0.15, 0.2) is 30.3 Å². The molecule has 0 spiro atoms. The summed E-state index contributed by atoms with van der Waals surface area (Å²) < 4.78 is 44.0. The Morgan fingerprint density at radius 2 is 1.96 bits per heavy atom. The molecule has 0 amide bonds. The summed E-state index contributed by atoms with van der Waals surface area (Å²) in [6.07, 6.45) is 0.267. The molecule has 1 saturated heterocycles. The van der Waals surface area contributed by atoms with Crippen LogP contribution in [0.3, 0.4) is 0 Å². The molecule has 150 valence electrons. The van der Waals surface area contributed by atoms with Crippen molar-refractivity contribution >= 4 is 21.6 Å². The Labute approximate surface area is 163 Å². The quantitative estimate of drug-likeness (QED) is 0.543. The highest BCUT2D eigenvalue weighted by molar-refractivity contribution is 7.91. The standard InChI is InChI=1S/C20H22FNO5S/c1-13-9-17(14(2)22(13)16-7-8-28(25,26)12-16)19(23)11-27-20(24)10-15-5-3-4-6-18(15)21/h3-6,9,16H,7-8,10-12H2,1-2H3. The van der Waals surface area contributed by atoms with E-state index in [-0.39, 0.29) is 35.3 Å². The number of rotatable bonds is 6. The fraction of sp³-hybridized carbons (Fsp3) is 0.400. The Kier molecular flexibility index (Phi) is 5.69. The van der Waals surface area contributed by atoms with Gasteiger partial charge in [-0.1, -0.05) is 18.2 Å². The Hall–Kier alpha value is -2.48. The van der Waals surface area contributed by atoms with Gasteiger partial charge in [0.25, 0.3) is 0 Å². The lowest BCUT2D eigenvalue weighted by atomic mass is 10.1. The molecule has 0 saturated carbocycles. The second kappa shape index (κ2) is 7.87. The summed E-state index contributed by atoms with van der Waals surface area (Å²) in [5.74, 6) is -1.35. The summed E-state index contributed by atoms with van der Waals surface area (Å²) in [5.41, 5.74) is 2.07. The third-order valence-electron chi connectivity index (χ3n) is 5.02. The molecule has 1 aromatic carbocycles. The number of nitrogens with zero attached hydrogens (tertiary/aromatic N) is 1. The molecule has 2 heterocycles. The van der Waals surface area contributed by atoms with Crippen LogP contribution < -0.4 is 0 Å². The predicted octanol–water partition coefficient (Wildman–Crippen LogP) is 2.57. The lowest BCUT2D eigenvalue weighted by Gasteiger charge is -2.16. The molecule has 1 atom stereocenters. The highest BCUT2D eigenvalue weighted by Crippen LogP contribution is 2.29. The average molecular weight is 407 g/mol. The number of aromatic nitrogens is 1. The minimum absolute atomic E-state index is 0.0641. The third kappa shape index (κ3) is 4.32. The lowest BCUT2D eigenvalue weighted by molar-refractivity contribution is -0.141. The Morgan fingerprint density at radius 1 is 1.25 bits per heavy atom. The number of hydrogen-bond donors (Lipinski definition) is 0. The van der Waals surface area contributed by atoms with Crippen LogP contribution in [0.25, 0.3) is 0 Å². The number of carbonyl (C=O) groups excluding carboxylic acids is 2. The smallest absolute Gasteiger partial charge is 0.310 e. The Morgan fingerprint density at radius 3 is 2.61 bits per heavy atom. The largest absolute Gasteiger partial charge is 0.457 e. The van der Waals surface area contributed by atoms with Crippen LogP contribution >= 0.6 is 0 Å². The number of halogens is 1. The summed E-state index contributed by atoms with van der Waals surface area (Å²) in [4.78, 5) is 24.4. The summed E-state index contributed by atoms with van der Waals surface area (Å²) in [5, 5.41) is 0. The molecular weight excluding hydrogens is 385 g/mol. The number of sulfone groups is 1. The van der Waals surface area contributed by atoms with E-state index in [1.165, 1.54) is 18.2 Å². The minimum Gasteiger partial charge on any atom is -0.457 e. The number of esters is 1. The first-order valence-corrected chi connectivity index (χ1v) is 10.8. The maximum Gasteiger partial charge on any atom is 0.310 e. The highest BCUT2D eigenvalue weighted by Gasteiger charge is 2.31. The maximum absolute atomic E-state index is 13.6. The van der Waals surface area contributed by atoms with Gasteiger partial charge in [-0.05, 0) is 38.0 Å². The maximum atomic E-state index is 13.6. The van der Waals surface area contributed by atoms with Crippen molar-refractivity contribution in [2.24, 2.45) is 0 Å². The number of hydrogen-bond acceptors (Lipinski definition) is 5. The zero-order valence-corrected chi connectivity index (χ0v) is 16.6. The normalized spacial score (nSPS) is 18.2. The van der Waals surface area contributed by atoms with Crippen LogP contribution in [-0.4, -0.2) is 42.9 Å².